The number of nitrogens with zero attached hydrogens (tertiary/aromatic N) is 3. The third-order valence-corrected chi connectivity index (χ3v) is 10.3. The lowest BCUT2D eigenvalue weighted by molar-refractivity contribution is 0.0743. The maximum absolute atomic E-state index is 14.4. The molecule has 0 spiro atoms. The fourth-order valence-corrected chi connectivity index (χ4v) is 7.64. The highest BCUT2D eigenvalue weighted by atomic mass is 32.2. The average Bonchev–Trinajstić information content (AvgIpc) is 3.51. The van der Waals surface area contributed by atoms with Crippen molar-refractivity contribution in [3.8, 4) is 10.4 Å². The summed E-state index contributed by atoms with van der Waals surface area (Å²) in [5, 5.41) is 6.24. The van der Waals surface area contributed by atoms with Gasteiger partial charge in [-0.3, -0.25) is 13.8 Å². The Morgan fingerprint density at radius 2 is 1.95 bits per heavy atom. The summed E-state index contributed by atoms with van der Waals surface area (Å²) in [6, 6.07) is 1.21. The molecule has 4 heterocycles. The number of carbonyl (C=O) groups excluding carboxylic acids is 2. The molecule has 0 bridgehead atoms. The molecular weight excluding hydrogens is 532 g/mol. The summed E-state index contributed by atoms with van der Waals surface area (Å²) in [6.45, 7) is 4.55. The zero-order valence-electron chi connectivity index (χ0n) is 21.6. The predicted molar refractivity (Wildman–Crippen MR) is 144 cm³/mol. The third kappa shape index (κ3) is 5.61. The monoisotopic (exact) mass is 565 g/mol. The number of thiazole rings is 1. The zero-order valence-corrected chi connectivity index (χ0v) is 23.2. The topological polar surface area (TPSA) is 104 Å². The first-order valence-corrected chi connectivity index (χ1v) is 15.5. The van der Waals surface area contributed by atoms with Crippen LogP contribution in [0.25, 0.3) is 10.4 Å². The van der Waals surface area contributed by atoms with Crippen LogP contribution in [0.5, 0.6) is 0 Å². The Labute approximate surface area is 227 Å². The van der Waals surface area contributed by atoms with Crippen molar-refractivity contribution in [2.24, 2.45) is 0 Å². The second-order valence-electron chi connectivity index (χ2n) is 10.8. The average molecular weight is 566 g/mol. The first-order valence-electron chi connectivity index (χ1n) is 13.2. The normalized spacial score (nSPS) is 24.8. The minimum atomic E-state index is -2.81. The van der Waals surface area contributed by atoms with E-state index in [1.165, 1.54) is 12.3 Å². The van der Waals surface area contributed by atoms with Gasteiger partial charge >= 0.3 is 0 Å². The van der Waals surface area contributed by atoms with Crippen molar-refractivity contribution in [2.75, 3.05) is 23.4 Å². The number of carbonyl (C=O) groups is 2. The van der Waals surface area contributed by atoms with Crippen LogP contribution in [0.15, 0.2) is 12.3 Å². The first-order chi connectivity index (χ1) is 18.1. The molecule has 2 amide bonds. The second-order valence-corrected chi connectivity index (χ2v) is 13.5. The molecule has 2 N–H and O–H groups in total. The second kappa shape index (κ2) is 11.0. The molecule has 2 aliphatic heterocycles. The van der Waals surface area contributed by atoms with Gasteiger partial charge in [0.25, 0.3) is 18.2 Å². The summed E-state index contributed by atoms with van der Waals surface area (Å²) >= 11 is 0.940. The standard InChI is InChI=1S/C26H33F2N5O3S2/c1-15-5-3-10-33(15)25(35)20-21(37-24(31-20)23(34)30-16-6-11-38(36)12-7-16)18-14-29-19(13-17(18)22(27)28)32-26(2)8-4-9-26/h13-16,22H,3-12H2,1-2H3,(H,29,32)(H,30,34). The van der Waals surface area contributed by atoms with Gasteiger partial charge in [-0.05, 0) is 64.9 Å². The third-order valence-electron chi connectivity index (χ3n) is 7.86. The van der Waals surface area contributed by atoms with Gasteiger partial charge in [-0.15, -0.1) is 11.3 Å². The number of nitrogens with one attached hydrogen (secondary N) is 2. The molecule has 3 aliphatic rings. The van der Waals surface area contributed by atoms with E-state index in [4.69, 9.17) is 0 Å². The number of rotatable bonds is 7. The molecule has 1 aliphatic carbocycles. The minimum Gasteiger partial charge on any atom is -0.365 e. The number of aromatic nitrogens is 2. The van der Waals surface area contributed by atoms with Crippen molar-refractivity contribution in [3.05, 3.63) is 28.5 Å². The molecule has 1 unspecified atom stereocenters. The molecule has 0 aromatic carbocycles. The maximum atomic E-state index is 14.4. The summed E-state index contributed by atoms with van der Waals surface area (Å²) < 4.78 is 40.4. The first kappa shape index (κ1) is 27.1. The number of likely N-dealkylation sites (tertiary alicyclic amines) is 1. The van der Waals surface area contributed by atoms with E-state index in [-0.39, 0.29) is 50.2 Å². The van der Waals surface area contributed by atoms with E-state index in [1.807, 2.05) is 13.8 Å². The van der Waals surface area contributed by atoms with Gasteiger partial charge in [-0.2, -0.15) is 0 Å². The predicted octanol–water partition coefficient (Wildman–Crippen LogP) is 4.76. The van der Waals surface area contributed by atoms with Crippen LogP contribution in [0.1, 0.15) is 91.1 Å². The van der Waals surface area contributed by atoms with Crippen LogP contribution >= 0.6 is 11.3 Å². The Balaban J connectivity index is 1.50. The summed E-state index contributed by atoms with van der Waals surface area (Å²) in [5.41, 5.74) is -0.292. The van der Waals surface area contributed by atoms with Gasteiger partial charge in [0, 0.05) is 63.8 Å². The molecule has 2 aromatic heterocycles. The Bertz CT molecular complexity index is 1240. The summed E-state index contributed by atoms with van der Waals surface area (Å²) in [5.74, 6) is 0.591. The van der Waals surface area contributed by atoms with Gasteiger partial charge in [0.2, 0.25) is 0 Å². The molecule has 8 nitrogen and oxygen atoms in total. The summed E-state index contributed by atoms with van der Waals surface area (Å²) in [6.07, 6.45) is 4.42. The summed E-state index contributed by atoms with van der Waals surface area (Å²) in [7, 11) is -0.866. The van der Waals surface area contributed by atoms with E-state index < -0.39 is 23.1 Å². The fourth-order valence-electron chi connectivity index (χ4n) is 5.35. The van der Waals surface area contributed by atoms with Gasteiger partial charge < -0.3 is 15.5 Å². The zero-order chi connectivity index (χ0) is 27.0. The number of anilines is 1. The van der Waals surface area contributed by atoms with Gasteiger partial charge in [-0.25, -0.2) is 18.7 Å². The molecular formula is C26H33F2N5O3S2. The van der Waals surface area contributed by atoms with Crippen molar-refractivity contribution >= 4 is 39.8 Å². The summed E-state index contributed by atoms with van der Waals surface area (Å²) in [4.78, 5) is 37.5. The van der Waals surface area contributed by atoms with E-state index in [0.717, 1.165) is 43.4 Å². The number of hydrogen-bond acceptors (Lipinski definition) is 7. The van der Waals surface area contributed by atoms with Crippen LogP contribution in [0.4, 0.5) is 14.6 Å². The Kier molecular flexibility index (Phi) is 7.82. The Morgan fingerprint density at radius 1 is 1.21 bits per heavy atom. The molecule has 2 aromatic rings. The van der Waals surface area contributed by atoms with Gasteiger partial charge in [0.05, 0.1) is 4.88 Å². The lowest BCUT2D eigenvalue weighted by atomic mass is 9.78. The molecule has 206 valence electrons. The number of hydrogen-bond donors (Lipinski definition) is 2. The van der Waals surface area contributed by atoms with Crippen molar-refractivity contribution in [1.29, 1.82) is 0 Å². The Hall–Kier alpha value is -2.47. The largest absolute Gasteiger partial charge is 0.365 e. The molecule has 5 rings (SSSR count). The molecule has 1 saturated carbocycles. The maximum Gasteiger partial charge on any atom is 0.280 e. The molecule has 12 heteroatoms. The van der Waals surface area contributed by atoms with Crippen molar-refractivity contribution in [2.45, 2.75) is 82.8 Å². The van der Waals surface area contributed by atoms with E-state index in [9.17, 15) is 22.6 Å². The molecule has 38 heavy (non-hydrogen) atoms. The number of amides is 2. The minimum absolute atomic E-state index is 0.0000682. The fraction of sp³-hybridized carbons (Fsp3) is 0.615. The quantitative estimate of drug-likeness (QED) is 0.502. The SMILES string of the molecule is CC1CCCN1C(=O)c1nc(C(=O)NC2CCS(=O)CC2)sc1-c1cnc(NC2(C)CCC2)cc1C(F)F. The van der Waals surface area contributed by atoms with Gasteiger partial charge in [0.1, 0.15) is 11.5 Å². The number of alkyl halides is 2. The highest BCUT2D eigenvalue weighted by Gasteiger charge is 2.35. The van der Waals surface area contributed by atoms with E-state index in [0.29, 0.717) is 36.7 Å². The van der Waals surface area contributed by atoms with Crippen LogP contribution in [0.2, 0.25) is 0 Å². The highest BCUT2D eigenvalue weighted by Crippen LogP contribution is 2.40. The van der Waals surface area contributed by atoms with E-state index in [1.54, 1.807) is 4.90 Å². The molecule has 3 fully saturated rings. The van der Waals surface area contributed by atoms with Crippen molar-refractivity contribution in [1.82, 2.24) is 20.2 Å². The molecule has 2 saturated heterocycles. The van der Waals surface area contributed by atoms with Crippen molar-refractivity contribution in [3.63, 3.8) is 0 Å². The van der Waals surface area contributed by atoms with E-state index >= 15 is 0 Å². The lowest BCUT2D eigenvalue weighted by Gasteiger charge is -2.39. The number of halogens is 2. The van der Waals surface area contributed by atoms with Crippen LogP contribution in [-0.4, -0.2) is 66.6 Å². The van der Waals surface area contributed by atoms with E-state index in [2.05, 4.69) is 20.6 Å². The van der Waals surface area contributed by atoms with Crippen LogP contribution in [0, 0.1) is 0 Å². The number of pyridine rings is 1. The van der Waals surface area contributed by atoms with Crippen LogP contribution in [0.3, 0.4) is 0 Å². The van der Waals surface area contributed by atoms with Crippen LogP contribution < -0.4 is 10.6 Å². The van der Waals surface area contributed by atoms with Crippen LogP contribution in [-0.2, 0) is 10.8 Å². The highest BCUT2D eigenvalue weighted by molar-refractivity contribution is 7.85. The molecule has 1 atom stereocenters. The lowest BCUT2D eigenvalue weighted by Crippen LogP contribution is -2.41. The Morgan fingerprint density at radius 3 is 2.55 bits per heavy atom. The van der Waals surface area contributed by atoms with Gasteiger partial charge in [-0.1, -0.05) is 0 Å². The molecule has 0 radical (unpaired) electrons. The smallest absolute Gasteiger partial charge is 0.280 e. The van der Waals surface area contributed by atoms with Gasteiger partial charge in [0.15, 0.2) is 5.01 Å². The van der Waals surface area contributed by atoms with Crippen molar-refractivity contribution < 1.29 is 22.6 Å².